The molecule has 0 unspecified atom stereocenters. The molecule has 0 bridgehead atoms. The number of allylic oxidation sites excluding steroid dienone is 1. The highest BCUT2D eigenvalue weighted by Gasteiger charge is 2.49. The van der Waals surface area contributed by atoms with Gasteiger partial charge in [-0.3, -0.25) is 19.3 Å². The molecule has 106 valence electrons. The highest BCUT2D eigenvalue weighted by molar-refractivity contribution is 8.06. The lowest BCUT2D eigenvalue weighted by atomic mass is 9.78. The van der Waals surface area contributed by atoms with Crippen molar-refractivity contribution in [3.8, 4) is 0 Å². The molecule has 2 heterocycles. The first-order valence-corrected chi connectivity index (χ1v) is 7.38. The molecule has 4 nitrogen and oxygen atoms in total. The molecule has 0 spiro atoms. The molecule has 0 saturated heterocycles. The Bertz CT molecular complexity index is 716. The summed E-state index contributed by atoms with van der Waals surface area (Å²) in [5.74, 6) is -1.05. The maximum atomic E-state index is 12.7. The van der Waals surface area contributed by atoms with E-state index in [1.807, 2.05) is 6.07 Å². The second-order valence-corrected chi connectivity index (χ2v) is 6.30. The van der Waals surface area contributed by atoms with E-state index in [-0.39, 0.29) is 17.3 Å². The average Bonchev–Trinajstić information content (AvgIpc) is 2.95. The fourth-order valence-corrected chi connectivity index (χ4v) is 3.23. The van der Waals surface area contributed by atoms with Gasteiger partial charge >= 0.3 is 0 Å². The van der Waals surface area contributed by atoms with Crippen LogP contribution in [0.25, 0.3) is 0 Å². The minimum atomic E-state index is -1.22. The number of carbonyl (C=O) groups is 3. The Morgan fingerprint density at radius 1 is 1.14 bits per heavy atom. The third-order valence-corrected chi connectivity index (χ3v) is 4.52. The number of nitrogens with zero attached hydrogens (tertiary/aromatic N) is 1. The second-order valence-electron chi connectivity index (χ2n) is 5.41. The zero-order valence-corrected chi connectivity index (χ0v) is 12.4. The van der Waals surface area contributed by atoms with Crippen LogP contribution in [-0.2, 0) is 9.59 Å². The largest absolute Gasteiger partial charge is 0.293 e. The first-order valence-electron chi connectivity index (χ1n) is 6.50. The summed E-state index contributed by atoms with van der Waals surface area (Å²) in [6.07, 6.45) is 1.61. The van der Waals surface area contributed by atoms with Gasteiger partial charge in [-0.05, 0) is 19.3 Å². The fraction of sp³-hybridized carbons (Fsp3) is 0.188. The summed E-state index contributed by atoms with van der Waals surface area (Å²) in [6, 6.07) is 8.65. The van der Waals surface area contributed by atoms with Crippen molar-refractivity contribution < 1.29 is 14.4 Å². The molecule has 0 saturated carbocycles. The minimum absolute atomic E-state index is 0.0980. The predicted molar refractivity (Wildman–Crippen MR) is 80.2 cm³/mol. The SMILES string of the molecule is CC1(C)C(=O)C(C(=O)c2ccccc2)=C2SC=CN2C1=O. The molecule has 3 rings (SSSR count). The van der Waals surface area contributed by atoms with Crippen molar-refractivity contribution in [3.63, 3.8) is 0 Å². The number of Topliss-reactive ketones (excluding diaryl/α,β-unsaturated/α-hetero) is 2. The van der Waals surface area contributed by atoms with Gasteiger partial charge in [-0.25, -0.2) is 0 Å². The second kappa shape index (κ2) is 4.70. The summed E-state index contributed by atoms with van der Waals surface area (Å²) >= 11 is 1.23. The number of carbonyl (C=O) groups excluding carboxylic acids is 3. The molecule has 0 N–H and O–H groups in total. The number of ketones is 2. The Morgan fingerprint density at radius 3 is 2.48 bits per heavy atom. The molecular formula is C16H13NO3S. The smallest absolute Gasteiger partial charge is 0.245 e. The van der Waals surface area contributed by atoms with E-state index in [1.165, 1.54) is 16.7 Å². The summed E-state index contributed by atoms with van der Waals surface area (Å²) in [4.78, 5) is 39.1. The van der Waals surface area contributed by atoms with Gasteiger partial charge in [0.25, 0.3) is 0 Å². The Hall–Kier alpha value is -2.14. The number of hydrogen-bond acceptors (Lipinski definition) is 4. The van der Waals surface area contributed by atoms with Gasteiger partial charge in [0.1, 0.15) is 10.4 Å². The topological polar surface area (TPSA) is 54.5 Å². The highest BCUT2D eigenvalue weighted by Crippen LogP contribution is 2.43. The van der Waals surface area contributed by atoms with Gasteiger partial charge in [0.15, 0.2) is 11.6 Å². The van der Waals surface area contributed by atoms with E-state index in [1.54, 1.807) is 49.7 Å². The highest BCUT2D eigenvalue weighted by atomic mass is 32.2. The van der Waals surface area contributed by atoms with Gasteiger partial charge in [0, 0.05) is 11.8 Å². The first kappa shape index (κ1) is 13.8. The number of fused-ring (bicyclic) bond motifs is 1. The standard InChI is InChI=1S/C16H13NO3S/c1-16(2)13(19)11(12(18)10-6-4-3-5-7-10)14-17(15(16)20)8-9-21-14/h3-9H,1-2H3. The third-order valence-electron chi connectivity index (χ3n) is 3.63. The predicted octanol–water partition coefficient (Wildman–Crippen LogP) is 2.74. The van der Waals surface area contributed by atoms with Crippen LogP contribution >= 0.6 is 11.8 Å². The van der Waals surface area contributed by atoms with Crippen LogP contribution in [-0.4, -0.2) is 22.4 Å². The van der Waals surface area contributed by atoms with Crippen molar-refractivity contribution in [1.82, 2.24) is 4.90 Å². The van der Waals surface area contributed by atoms with Crippen LogP contribution in [0.15, 0.2) is 52.5 Å². The lowest BCUT2D eigenvalue weighted by Crippen LogP contribution is -2.48. The summed E-state index contributed by atoms with van der Waals surface area (Å²) in [7, 11) is 0. The molecule has 5 heteroatoms. The van der Waals surface area contributed by atoms with Crippen molar-refractivity contribution in [2.24, 2.45) is 5.41 Å². The van der Waals surface area contributed by atoms with E-state index in [2.05, 4.69) is 0 Å². The molecule has 0 atom stereocenters. The molecule has 0 aromatic heterocycles. The molecule has 2 aliphatic heterocycles. The fourth-order valence-electron chi connectivity index (χ4n) is 2.36. The molecule has 0 radical (unpaired) electrons. The number of amides is 1. The van der Waals surface area contributed by atoms with E-state index in [4.69, 9.17) is 0 Å². The maximum Gasteiger partial charge on any atom is 0.245 e. The van der Waals surface area contributed by atoms with Crippen LogP contribution < -0.4 is 0 Å². The minimum Gasteiger partial charge on any atom is -0.293 e. The molecular weight excluding hydrogens is 286 g/mol. The van der Waals surface area contributed by atoms with Gasteiger partial charge in [0.05, 0.1) is 5.57 Å². The molecule has 0 fully saturated rings. The van der Waals surface area contributed by atoms with Crippen LogP contribution in [0.3, 0.4) is 0 Å². The van der Waals surface area contributed by atoms with Crippen LogP contribution in [0.5, 0.6) is 0 Å². The zero-order valence-electron chi connectivity index (χ0n) is 11.6. The van der Waals surface area contributed by atoms with Crippen molar-refractivity contribution in [1.29, 1.82) is 0 Å². The van der Waals surface area contributed by atoms with Crippen molar-refractivity contribution >= 4 is 29.2 Å². The molecule has 1 aromatic carbocycles. The van der Waals surface area contributed by atoms with Crippen LogP contribution in [0.4, 0.5) is 0 Å². The Morgan fingerprint density at radius 2 is 1.81 bits per heavy atom. The van der Waals surface area contributed by atoms with Gasteiger partial charge in [0.2, 0.25) is 5.91 Å². The summed E-state index contributed by atoms with van der Waals surface area (Å²) < 4.78 is 0. The lowest BCUT2D eigenvalue weighted by Gasteiger charge is -2.33. The molecule has 1 aromatic rings. The summed E-state index contributed by atoms with van der Waals surface area (Å²) in [5.41, 5.74) is -0.676. The van der Waals surface area contributed by atoms with E-state index < -0.39 is 11.2 Å². The van der Waals surface area contributed by atoms with E-state index in [9.17, 15) is 14.4 Å². The number of thioether (sulfide) groups is 1. The molecule has 21 heavy (non-hydrogen) atoms. The molecule has 0 aliphatic carbocycles. The molecule has 2 aliphatic rings. The van der Waals surface area contributed by atoms with Crippen LogP contribution in [0.2, 0.25) is 0 Å². The normalized spacial score (nSPS) is 20.0. The number of hydrogen-bond donors (Lipinski definition) is 0. The number of rotatable bonds is 2. The van der Waals surface area contributed by atoms with Crippen LogP contribution in [0.1, 0.15) is 24.2 Å². The quantitative estimate of drug-likeness (QED) is 0.479. The third kappa shape index (κ3) is 1.96. The van der Waals surface area contributed by atoms with Crippen molar-refractivity contribution in [2.75, 3.05) is 0 Å². The first-order chi connectivity index (χ1) is 9.94. The number of benzene rings is 1. The Labute approximate surface area is 126 Å². The lowest BCUT2D eigenvalue weighted by molar-refractivity contribution is -0.143. The Balaban J connectivity index is 2.16. The van der Waals surface area contributed by atoms with Gasteiger partial charge in [-0.1, -0.05) is 42.1 Å². The average molecular weight is 299 g/mol. The van der Waals surface area contributed by atoms with Crippen LogP contribution in [0, 0.1) is 5.41 Å². The van der Waals surface area contributed by atoms with E-state index in [0.717, 1.165) is 0 Å². The molecule has 1 amide bonds. The summed E-state index contributed by atoms with van der Waals surface area (Å²) in [6.45, 7) is 3.12. The monoisotopic (exact) mass is 299 g/mol. The van der Waals surface area contributed by atoms with Crippen molar-refractivity contribution in [2.45, 2.75) is 13.8 Å². The zero-order chi connectivity index (χ0) is 15.2. The maximum absolute atomic E-state index is 12.7. The van der Waals surface area contributed by atoms with Gasteiger partial charge < -0.3 is 0 Å². The van der Waals surface area contributed by atoms with Gasteiger partial charge in [-0.15, -0.1) is 0 Å². The van der Waals surface area contributed by atoms with Gasteiger partial charge in [-0.2, -0.15) is 0 Å². The van der Waals surface area contributed by atoms with E-state index >= 15 is 0 Å². The van der Waals surface area contributed by atoms with E-state index in [0.29, 0.717) is 10.6 Å². The summed E-state index contributed by atoms with van der Waals surface area (Å²) in [5, 5.41) is 2.12. The van der Waals surface area contributed by atoms with Crippen molar-refractivity contribution in [3.05, 3.63) is 58.1 Å². The Kier molecular flexibility index (Phi) is 3.10.